The average Bonchev–Trinajstić information content (AvgIpc) is 3.17. The van der Waals surface area contributed by atoms with Crippen molar-refractivity contribution in [3.05, 3.63) is 89.0 Å². The largest absolute Gasteiger partial charge is 0.497 e. The van der Waals surface area contributed by atoms with Crippen LogP contribution in [-0.4, -0.2) is 19.3 Å². The minimum Gasteiger partial charge on any atom is -0.497 e. The Morgan fingerprint density at radius 1 is 0.788 bits per heavy atom. The Kier molecular flexibility index (Phi) is 7.90. The highest BCUT2D eigenvalue weighted by Gasteiger charge is 2.17. The van der Waals surface area contributed by atoms with E-state index < -0.39 is 6.10 Å². The molecule has 1 aliphatic rings. The maximum atomic E-state index is 10.9. The second-order valence-electron chi connectivity index (χ2n) is 8.80. The highest BCUT2D eigenvalue weighted by Crippen LogP contribution is 2.34. The van der Waals surface area contributed by atoms with Crippen molar-refractivity contribution in [1.29, 1.82) is 0 Å². The fourth-order valence-electron chi connectivity index (χ4n) is 4.64. The van der Waals surface area contributed by atoms with Crippen LogP contribution in [0.2, 0.25) is 0 Å². The third-order valence-corrected chi connectivity index (χ3v) is 6.64. The molecule has 0 amide bonds. The highest BCUT2D eigenvalue weighted by atomic mass is 16.5. The molecule has 4 heteroatoms. The molecule has 0 aliphatic heterocycles. The van der Waals surface area contributed by atoms with Crippen LogP contribution in [0, 0.1) is 0 Å². The number of aliphatic hydroxyl groups excluding tert-OH is 1. The zero-order valence-electron chi connectivity index (χ0n) is 19.6. The molecule has 3 aromatic rings. The number of aliphatic hydroxyl groups is 1. The van der Waals surface area contributed by atoms with Crippen molar-refractivity contribution in [1.82, 2.24) is 0 Å². The molecule has 174 valence electrons. The van der Waals surface area contributed by atoms with Crippen molar-refractivity contribution in [2.75, 3.05) is 14.2 Å². The lowest BCUT2D eigenvalue weighted by molar-refractivity contribution is 0.214. The van der Waals surface area contributed by atoms with E-state index in [2.05, 4.69) is 24.3 Å². The van der Waals surface area contributed by atoms with Crippen LogP contribution >= 0.6 is 0 Å². The standard InChI is InChI=1S/C29H34O4/c1-31-26-17-18-27(28(19-26)32-2)29(30)24-13-15-25(16-14-24)33-20-21-9-11-23(12-10-21)22-7-5-3-4-6-8-22/h9-19,22,29-30H,3-8,20H2,1-2H3. The van der Waals surface area contributed by atoms with Crippen LogP contribution in [0.1, 0.15) is 72.8 Å². The normalized spacial score (nSPS) is 15.5. The monoisotopic (exact) mass is 446 g/mol. The Bertz CT molecular complexity index is 1000. The molecule has 0 aromatic heterocycles. The van der Waals surface area contributed by atoms with E-state index in [4.69, 9.17) is 14.2 Å². The Hall–Kier alpha value is -2.98. The molecule has 4 rings (SSSR count). The molecule has 0 heterocycles. The number of rotatable bonds is 8. The van der Waals surface area contributed by atoms with Crippen LogP contribution in [0.4, 0.5) is 0 Å². The summed E-state index contributed by atoms with van der Waals surface area (Å²) in [6.07, 6.45) is 7.30. The maximum absolute atomic E-state index is 10.9. The summed E-state index contributed by atoms with van der Waals surface area (Å²) < 4.78 is 16.7. The van der Waals surface area contributed by atoms with Crippen LogP contribution < -0.4 is 14.2 Å². The van der Waals surface area contributed by atoms with Crippen molar-refractivity contribution in [2.24, 2.45) is 0 Å². The summed E-state index contributed by atoms with van der Waals surface area (Å²) in [7, 11) is 3.20. The molecule has 1 aliphatic carbocycles. The van der Waals surface area contributed by atoms with Gasteiger partial charge >= 0.3 is 0 Å². The predicted octanol–water partition coefficient (Wildman–Crippen LogP) is 6.80. The summed E-state index contributed by atoms with van der Waals surface area (Å²) in [5.41, 5.74) is 4.10. The zero-order valence-corrected chi connectivity index (χ0v) is 19.6. The maximum Gasteiger partial charge on any atom is 0.128 e. The van der Waals surface area contributed by atoms with E-state index in [1.165, 1.54) is 49.7 Å². The second kappa shape index (κ2) is 11.2. The van der Waals surface area contributed by atoms with Gasteiger partial charge in [-0.25, -0.2) is 0 Å². The molecule has 0 bridgehead atoms. The molecule has 1 fully saturated rings. The lowest BCUT2D eigenvalue weighted by atomic mass is 9.91. The fourth-order valence-corrected chi connectivity index (χ4v) is 4.64. The molecule has 1 saturated carbocycles. The van der Waals surface area contributed by atoms with E-state index in [0.29, 0.717) is 29.6 Å². The predicted molar refractivity (Wildman–Crippen MR) is 131 cm³/mol. The average molecular weight is 447 g/mol. The van der Waals surface area contributed by atoms with Gasteiger partial charge in [0.2, 0.25) is 0 Å². The molecule has 0 saturated heterocycles. The molecular weight excluding hydrogens is 412 g/mol. The number of benzene rings is 3. The van der Waals surface area contributed by atoms with Crippen molar-refractivity contribution < 1.29 is 19.3 Å². The third kappa shape index (κ3) is 5.88. The highest BCUT2D eigenvalue weighted by molar-refractivity contribution is 5.45. The van der Waals surface area contributed by atoms with E-state index >= 15 is 0 Å². The summed E-state index contributed by atoms with van der Waals surface area (Å²) >= 11 is 0. The molecule has 1 atom stereocenters. The van der Waals surface area contributed by atoms with Crippen molar-refractivity contribution in [3.63, 3.8) is 0 Å². The zero-order chi connectivity index (χ0) is 23.0. The summed E-state index contributed by atoms with van der Waals surface area (Å²) in [5, 5.41) is 10.9. The SMILES string of the molecule is COc1ccc(C(O)c2ccc(OCc3ccc(C4CCCCCC4)cc3)cc2)c(OC)c1. The summed E-state index contributed by atoms with van der Waals surface area (Å²) in [6, 6.07) is 21.9. The van der Waals surface area contributed by atoms with E-state index in [1.54, 1.807) is 20.3 Å². The van der Waals surface area contributed by atoms with Gasteiger partial charge in [-0.3, -0.25) is 0 Å². The van der Waals surface area contributed by atoms with Gasteiger partial charge in [0.15, 0.2) is 0 Å². The van der Waals surface area contributed by atoms with Crippen molar-refractivity contribution >= 4 is 0 Å². The molecular formula is C29H34O4. The van der Waals surface area contributed by atoms with Gasteiger partial charge in [-0.05, 0) is 59.7 Å². The molecule has 3 aromatic carbocycles. The van der Waals surface area contributed by atoms with Gasteiger partial charge in [0.25, 0.3) is 0 Å². The first-order valence-corrected chi connectivity index (χ1v) is 11.9. The van der Waals surface area contributed by atoms with Crippen LogP contribution in [0.3, 0.4) is 0 Å². The summed E-state index contributed by atoms with van der Waals surface area (Å²) in [4.78, 5) is 0. The van der Waals surface area contributed by atoms with E-state index in [9.17, 15) is 5.11 Å². The Morgan fingerprint density at radius 3 is 2.09 bits per heavy atom. The van der Waals surface area contributed by atoms with E-state index in [-0.39, 0.29) is 0 Å². The quantitative estimate of drug-likeness (QED) is 0.387. The lowest BCUT2D eigenvalue weighted by Gasteiger charge is -2.17. The number of hydrogen-bond donors (Lipinski definition) is 1. The molecule has 4 nitrogen and oxygen atoms in total. The van der Waals surface area contributed by atoms with Crippen molar-refractivity contribution in [3.8, 4) is 17.2 Å². The first kappa shape index (κ1) is 23.2. The van der Waals surface area contributed by atoms with Crippen LogP contribution in [0.25, 0.3) is 0 Å². The van der Waals surface area contributed by atoms with Gasteiger partial charge in [-0.1, -0.05) is 62.1 Å². The molecule has 0 spiro atoms. The van der Waals surface area contributed by atoms with Gasteiger partial charge < -0.3 is 19.3 Å². The van der Waals surface area contributed by atoms with Crippen LogP contribution in [0.15, 0.2) is 66.7 Å². The Balaban J connectivity index is 1.36. The van der Waals surface area contributed by atoms with E-state index in [0.717, 1.165) is 11.3 Å². The molecule has 1 N–H and O–H groups in total. The molecule has 33 heavy (non-hydrogen) atoms. The smallest absolute Gasteiger partial charge is 0.128 e. The Labute approximate surface area is 197 Å². The van der Waals surface area contributed by atoms with Gasteiger partial charge in [0.05, 0.1) is 14.2 Å². The van der Waals surface area contributed by atoms with Crippen molar-refractivity contribution in [2.45, 2.75) is 57.2 Å². The summed E-state index contributed by atoms with van der Waals surface area (Å²) in [6.45, 7) is 0.527. The van der Waals surface area contributed by atoms with Gasteiger partial charge in [-0.2, -0.15) is 0 Å². The van der Waals surface area contributed by atoms with Gasteiger partial charge in [0.1, 0.15) is 30.0 Å². The molecule has 1 unspecified atom stereocenters. The summed E-state index contributed by atoms with van der Waals surface area (Å²) in [5.74, 6) is 2.77. The second-order valence-corrected chi connectivity index (χ2v) is 8.80. The topological polar surface area (TPSA) is 47.9 Å². The van der Waals surface area contributed by atoms with E-state index in [1.807, 2.05) is 36.4 Å². The third-order valence-electron chi connectivity index (χ3n) is 6.64. The molecule has 0 radical (unpaired) electrons. The first-order valence-electron chi connectivity index (χ1n) is 11.9. The number of ether oxygens (including phenoxy) is 3. The minimum atomic E-state index is -0.795. The van der Waals surface area contributed by atoms with Gasteiger partial charge in [0, 0.05) is 11.6 Å². The Morgan fingerprint density at radius 2 is 1.45 bits per heavy atom. The van der Waals surface area contributed by atoms with Crippen LogP contribution in [-0.2, 0) is 6.61 Å². The van der Waals surface area contributed by atoms with Crippen LogP contribution in [0.5, 0.6) is 17.2 Å². The fraction of sp³-hybridized carbons (Fsp3) is 0.379. The first-order chi connectivity index (χ1) is 16.2. The minimum absolute atomic E-state index is 0.527. The number of hydrogen-bond acceptors (Lipinski definition) is 4. The van der Waals surface area contributed by atoms with Gasteiger partial charge in [-0.15, -0.1) is 0 Å². The lowest BCUT2D eigenvalue weighted by Crippen LogP contribution is -2.03. The number of methoxy groups -OCH3 is 2.